The van der Waals surface area contributed by atoms with E-state index in [9.17, 15) is 4.79 Å². The number of hydrogen-bond donors (Lipinski definition) is 0. The van der Waals surface area contributed by atoms with Crippen LogP contribution in [-0.4, -0.2) is 49.6 Å². The van der Waals surface area contributed by atoms with Crippen LogP contribution in [0.15, 0.2) is 41.4 Å². The summed E-state index contributed by atoms with van der Waals surface area (Å²) in [6.07, 6.45) is 1.49. The van der Waals surface area contributed by atoms with E-state index >= 15 is 0 Å². The van der Waals surface area contributed by atoms with Crippen LogP contribution >= 0.6 is 0 Å². The Bertz CT molecular complexity index is 818. The van der Waals surface area contributed by atoms with Gasteiger partial charge in [0.2, 0.25) is 0 Å². The fraction of sp³-hybridized carbons (Fsp3) is 0.333. The number of ether oxygens (including phenoxy) is 1. The molecule has 0 unspecified atom stereocenters. The van der Waals surface area contributed by atoms with E-state index in [4.69, 9.17) is 9.57 Å². The van der Waals surface area contributed by atoms with Crippen LogP contribution in [0.2, 0.25) is 0 Å². The zero-order chi connectivity index (χ0) is 16.7. The minimum Gasteiger partial charge on any atom is -0.493 e. The molecule has 6 nitrogen and oxygen atoms in total. The van der Waals surface area contributed by atoms with Crippen molar-refractivity contribution in [1.29, 1.82) is 0 Å². The molecule has 4 rings (SSSR count). The van der Waals surface area contributed by atoms with Gasteiger partial charge in [-0.15, -0.1) is 0 Å². The van der Waals surface area contributed by atoms with Crippen LogP contribution in [-0.2, 0) is 4.84 Å². The monoisotopic (exact) mass is 325 g/mol. The summed E-state index contributed by atoms with van der Waals surface area (Å²) in [7, 11) is 3.64. The van der Waals surface area contributed by atoms with E-state index in [2.05, 4.69) is 17.1 Å². The molecule has 0 aliphatic carbocycles. The summed E-state index contributed by atoms with van der Waals surface area (Å²) in [5.74, 6) is 0.927. The van der Waals surface area contributed by atoms with E-state index in [-0.39, 0.29) is 12.0 Å². The Kier molecular flexibility index (Phi) is 3.61. The van der Waals surface area contributed by atoms with Gasteiger partial charge < -0.3 is 9.64 Å². The predicted molar refractivity (Wildman–Crippen MR) is 91.0 cm³/mol. The summed E-state index contributed by atoms with van der Waals surface area (Å²) in [4.78, 5) is 23.9. The highest BCUT2D eigenvalue weighted by Crippen LogP contribution is 2.46. The van der Waals surface area contributed by atoms with E-state index in [0.29, 0.717) is 13.2 Å². The summed E-state index contributed by atoms with van der Waals surface area (Å²) in [6.45, 7) is 0.994. The average Bonchev–Trinajstić information content (AvgIpc) is 3.03. The van der Waals surface area contributed by atoms with Crippen LogP contribution in [0.1, 0.15) is 11.6 Å². The Morgan fingerprint density at radius 1 is 1.25 bits per heavy atom. The van der Waals surface area contributed by atoms with E-state index < -0.39 is 6.03 Å². The van der Waals surface area contributed by atoms with Gasteiger partial charge >= 0.3 is 6.03 Å². The summed E-state index contributed by atoms with van der Waals surface area (Å²) in [6, 6.07) is 11.6. The van der Waals surface area contributed by atoms with Gasteiger partial charge in [0.1, 0.15) is 5.75 Å². The topological polar surface area (TPSA) is 54.4 Å². The molecule has 0 bridgehead atoms. The largest absolute Gasteiger partial charge is 0.493 e. The third kappa shape index (κ3) is 2.39. The van der Waals surface area contributed by atoms with Crippen LogP contribution in [0.3, 0.4) is 0 Å². The van der Waals surface area contributed by atoms with E-state index in [1.807, 2.05) is 38.4 Å². The van der Waals surface area contributed by atoms with Gasteiger partial charge in [-0.2, -0.15) is 10.1 Å². The van der Waals surface area contributed by atoms with Crippen LogP contribution < -0.4 is 4.74 Å². The summed E-state index contributed by atoms with van der Waals surface area (Å²) in [5, 5.41) is 3.61. The second-order valence-corrected chi connectivity index (χ2v) is 6.33. The Labute approximate surface area is 140 Å². The van der Waals surface area contributed by atoms with Gasteiger partial charge in [0.25, 0.3) is 0 Å². The van der Waals surface area contributed by atoms with Crippen molar-refractivity contribution >= 4 is 23.1 Å². The number of benzene rings is 2. The molecule has 6 heteroatoms. The first-order chi connectivity index (χ1) is 11.6. The second-order valence-electron chi connectivity index (χ2n) is 6.33. The van der Waals surface area contributed by atoms with Gasteiger partial charge in [-0.1, -0.05) is 30.3 Å². The lowest BCUT2D eigenvalue weighted by molar-refractivity contribution is -0.0845. The van der Waals surface area contributed by atoms with Crippen molar-refractivity contribution in [2.24, 2.45) is 10.9 Å². The molecule has 2 aliphatic rings. The maximum atomic E-state index is 12.5. The van der Waals surface area contributed by atoms with Crippen molar-refractivity contribution in [3.8, 4) is 5.75 Å². The molecule has 1 saturated heterocycles. The molecule has 0 aromatic heterocycles. The van der Waals surface area contributed by atoms with Gasteiger partial charge in [0.05, 0.1) is 25.6 Å². The number of aliphatic imine (C=N–C) groups is 1. The maximum Gasteiger partial charge on any atom is 0.369 e. The number of fused-ring (bicyclic) bond motifs is 5. The normalized spacial score (nSPS) is 22.3. The minimum absolute atomic E-state index is 0.113. The fourth-order valence-corrected chi connectivity index (χ4v) is 3.33. The second kappa shape index (κ2) is 5.79. The summed E-state index contributed by atoms with van der Waals surface area (Å²) >= 11 is 0. The lowest BCUT2D eigenvalue weighted by Gasteiger charge is -2.31. The molecule has 0 spiro atoms. The van der Waals surface area contributed by atoms with Gasteiger partial charge in [0.15, 0.2) is 0 Å². The third-order valence-corrected chi connectivity index (χ3v) is 4.39. The highest BCUT2D eigenvalue weighted by molar-refractivity contribution is 5.90. The third-order valence-electron chi connectivity index (χ3n) is 4.39. The highest BCUT2D eigenvalue weighted by atomic mass is 16.7. The maximum absolute atomic E-state index is 12.5. The number of hydrogen-bond acceptors (Lipinski definition) is 3. The van der Waals surface area contributed by atoms with Crippen LogP contribution in [0.4, 0.5) is 4.79 Å². The van der Waals surface area contributed by atoms with Crippen molar-refractivity contribution in [3.63, 3.8) is 0 Å². The SMILES string of the molecule is CN(C)/C=N/C(=O)N1OC[C@@H]2COc3ccc4ccccc4c3[C@@H]21. The lowest BCUT2D eigenvalue weighted by Crippen LogP contribution is -2.34. The van der Waals surface area contributed by atoms with Crippen molar-refractivity contribution in [1.82, 2.24) is 9.96 Å². The van der Waals surface area contributed by atoms with Gasteiger partial charge in [-0.25, -0.2) is 4.79 Å². The van der Waals surface area contributed by atoms with Crippen molar-refractivity contribution in [2.45, 2.75) is 6.04 Å². The minimum atomic E-state index is -0.392. The zero-order valence-corrected chi connectivity index (χ0v) is 13.7. The lowest BCUT2D eigenvalue weighted by atomic mass is 9.88. The van der Waals surface area contributed by atoms with Crippen molar-refractivity contribution in [2.75, 3.05) is 27.3 Å². The Morgan fingerprint density at radius 3 is 2.92 bits per heavy atom. The first kappa shape index (κ1) is 15.0. The summed E-state index contributed by atoms with van der Waals surface area (Å²) < 4.78 is 5.91. The quantitative estimate of drug-likeness (QED) is 0.598. The number of carbonyl (C=O) groups is 1. The molecular formula is C18H19N3O3. The molecular weight excluding hydrogens is 306 g/mol. The number of rotatable bonds is 1. The van der Waals surface area contributed by atoms with E-state index in [1.165, 1.54) is 11.4 Å². The Balaban J connectivity index is 1.79. The molecule has 2 aromatic carbocycles. The smallest absolute Gasteiger partial charge is 0.369 e. The average molecular weight is 325 g/mol. The first-order valence-corrected chi connectivity index (χ1v) is 7.96. The first-order valence-electron chi connectivity index (χ1n) is 7.96. The number of hydroxylamine groups is 2. The number of nitrogens with zero attached hydrogens (tertiary/aromatic N) is 3. The standard InChI is InChI=1S/C18H19N3O3/c1-20(2)11-19-18(22)21-17-13(10-24-21)9-23-15-8-7-12-5-3-4-6-14(12)16(15)17/h3-8,11,13,17H,9-10H2,1-2H3/b19-11+/t13-,17+/m0/s1. The van der Waals surface area contributed by atoms with E-state index in [1.54, 1.807) is 4.90 Å². The fourth-order valence-electron chi connectivity index (χ4n) is 3.33. The Hall–Kier alpha value is -2.60. The molecule has 0 N–H and O–H groups in total. The molecule has 124 valence electrons. The molecule has 1 fully saturated rings. The molecule has 2 aliphatic heterocycles. The predicted octanol–water partition coefficient (Wildman–Crippen LogP) is 2.85. The molecule has 2 heterocycles. The van der Waals surface area contributed by atoms with Crippen LogP contribution in [0, 0.1) is 5.92 Å². The molecule has 2 aromatic rings. The van der Waals surface area contributed by atoms with Crippen molar-refractivity contribution in [3.05, 3.63) is 42.0 Å². The highest BCUT2D eigenvalue weighted by Gasteiger charge is 2.45. The van der Waals surface area contributed by atoms with Gasteiger partial charge in [-0.3, -0.25) is 4.84 Å². The molecule has 0 saturated carbocycles. The van der Waals surface area contributed by atoms with Crippen molar-refractivity contribution < 1.29 is 14.4 Å². The van der Waals surface area contributed by atoms with Crippen LogP contribution in [0.25, 0.3) is 10.8 Å². The number of carbonyl (C=O) groups excluding carboxylic acids is 1. The number of amides is 2. The number of urea groups is 1. The molecule has 0 radical (unpaired) electrons. The summed E-state index contributed by atoms with van der Waals surface area (Å²) in [5.41, 5.74) is 1.01. The van der Waals surface area contributed by atoms with Gasteiger partial charge in [0, 0.05) is 25.6 Å². The molecule has 2 amide bonds. The molecule has 24 heavy (non-hydrogen) atoms. The molecule has 2 atom stereocenters. The Morgan fingerprint density at radius 2 is 2.08 bits per heavy atom. The zero-order valence-electron chi connectivity index (χ0n) is 13.7. The van der Waals surface area contributed by atoms with E-state index in [0.717, 1.165) is 22.1 Å². The van der Waals surface area contributed by atoms with Gasteiger partial charge in [-0.05, 0) is 16.8 Å². The van der Waals surface area contributed by atoms with Crippen LogP contribution in [0.5, 0.6) is 5.75 Å².